The van der Waals surface area contributed by atoms with Gasteiger partial charge in [-0.25, -0.2) is 0 Å². The molecule has 1 heterocycles. The third-order valence-corrected chi connectivity index (χ3v) is 2.64. The Morgan fingerprint density at radius 2 is 2.43 bits per heavy atom. The second kappa shape index (κ2) is 5.98. The van der Waals surface area contributed by atoms with Crippen molar-refractivity contribution in [3.05, 3.63) is 0 Å². The molecule has 1 aliphatic rings. The van der Waals surface area contributed by atoms with Crippen LogP contribution in [0.5, 0.6) is 0 Å². The maximum atomic E-state index is 11.3. The lowest BCUT2D eigenvalue weighted by atomic mass is 10.2. The highest BCUT2D eigenvalue weighted by atomic mass is 16.5. The monoisotopic (exact) mass is 200 g/mol. The Labute approximate surface area is 85.6 Å². The second-order valence-electron chi connectivity index (χ2n) is 3.77. The number of hydrogen-bond acceptors (Lipinski definition) is 3. The predicted molar refractivity (Wildman–Crippen MR) is 55.2 cm³/mol. The topological polar surface area (TPSA) is 41.6 Å². The predicted octanol–water partition coefficient (Wildman–Crippen LogP) is 0.233. The van der Waals surface area contributed by atoms with Gasteiger partial charge < -0.3 is 15.0 Å². The number of ether oxygens (including phenoxy) is 1. The van der Waals surface area contributed by atoms with Crippen LogP contribution in [0.3, 0.4) is 0 Å². The number of carbonyl (C=O) groups excluding carboxylic acids is 1. The zero-order valence-corrected chi connectivity index (χ0v) is 9.08. The largest absolute Gasteiger partial charge is 0.370 e. The van der Waals surface area contributed by atoms with Crippen molar-refractivity contribution in [3.63, 3.8) is 0 Å². The normalized spacial score (nSPS) is 19.9. The molecule has 1 amide bonds. The summed E-state index contributed by atoms with van der Waals surface area (Å²) < 4.78 is 5.06. The third kappa shape index (κ3) is 3.64. The van der Waals surface area contributed by atoms with Crippen LogP contribution in [0.2, 0.25) is 0 Å². The number of carbonyl (C=O) groups is 1. The van der Waals surface area contributed by atoms with Gasteiger partial charge >= 0.3 is 0 Å². The summed E-state index contributed by atoms with van der Waals surface area (Å²) >= 11 is 0. The van der Waals surface area contributed by atoms with Gasteiger partial charge in [-0.15, -0.1) is 0 Å². The number of morpholine rings is 1. The quantitative estimate of drug-likeness (QED) is 0.691. The Bertz CT molecular complexity index is 185. The van der Waals surface area contributed by atoms with Crippen LogP contribution >= 0.6 is 0 Å². The van der Waals surface area contributed by atoms with Gasteiger partial charge in [0.05, 0.1) is 6.61 Å². The first-order chi connectivity index (χ1) is 6.74. The first-order valence-electron chi connectivity index (χ1n) is 5.27. The first kappa shape index (κ1) is 11.5. The van der Waals surface area contributed by atoms with Gasteiger partial charge in [-0.05, 0) is 26.8 Å². The van der Waals surface area contributed by atoms with E-state index in [1.807, 2.05) is 11.9 Å². The molecule has 1 saturated heterocycles. The fourth-order valence-corrected chi connectivity index (χ4v) is 1.52. The molecule has 1 rings (SSSR count). The SMILES string of the molecule is CNC(C)CCCN1CCOCC1=O. The average Bonchev–Trinajstić information content (AvgIpc) is 2.20. The molecule has 0 aliphatic carbocycles. The fourth-order valence-electron chi connectivity index (χ4n) is 1.52. The lowest BCUT2D eigenvalue weighted by Gasteiger charge is -2.27. The Hall–Kier alpha value is -0.610. The summed E-state index contributed by atoms with van der Waals surface area (Å²) in [6.07, 6.45) is 2.18. The summed E-state index contributed by atoms with van der Waals surface area (Å²) in [5.74, 6) is 0.133. The molecule has 4 nitrogen and oxygen atoms in total. The van der Waals surface area contributed by atoms with Gasteiger partial charge in [0.1, 0.15) is 6.61 Å². The van der Waals surface area contributed by atoms with E-state index < -0.39 is 0 Å². The highest BCUT2D eigenvalue weighted by molar-refractivity contribution is 5.77. The standard InChI is InChI=1S/C10H20N2O2/c1-9(11-2)4-3-5-12-6-7-14-8-10(12)13/h9,11H,3-8H2,1-2H3. The summed E-state index contributed by atoms with van der Waals surface area (Å²) in [5.41, 5.74) is 0. The molecule has 0 saturated carbocycles. The zero-order chi connectivity index (χ0) is 10.4. The minimum Gasteiger partial charge on any atom is -0.370 e. The molecule has 1 unspecified atom stereocenters. The van der Waals surface area contributed by atoms with Crippen LogP contribution in [0.4, 0.5) is 0 Å². The van der Waals surface area contributed by atoms with Crippen LogP contribution in [0.25, 0.3) is 0 Å². The van der Waals surface area contributed by atoms with Crippen molar-refractivity contribution in [2.24, 2.45) is 0 Å². The molecule has 0 aromatic rings. The van der Waals surface area contributed by atoms with E-state index in [0.717, 1.165) is 25.9 Å². The van der Waals surface area contributed by atoms with Crippen molar-refractivity contribution in [3.8, 4) is 0 Å². The number of nitrogens with one attached hydrogen (secondary N) is 1. The molecule has 1 fully saturated rings. The number of rotatable bonds is 5. The molecule has 0 aromatic carbocycles. The minimum absolute atomic E-state index is 0.133. The van der Waals surface area contributed by atoms with Crippen molar-refractivity contribution in [2.75, 3.05) is 33.4 Å². The molecular formula is C10H20N2O2. The summed E-state index contributed by atoms with van der Waals surface area (Å²) in [7, 11) is 1.96. The van der Waals surface area contributed by atoms with E-state index in [1.165, 1.54) is 0 Å². The van der Waals surface area contributed by atoms with Gasteiger partial charge in [0.15, 0.2) is 0 Å². The summed E-state index contributed by atoms with van der Waals surface area (Å²) in [5, 5.41) is 3.19. The molecule has 1 N–H and O–H groups in total. The van der Waals surface area contributed by atoms with E-state index in [4.69, 9.17) is 4.74 Å². The first-order valence-corrected chi connectivity index (χ1v) is 5.27. The maximum Gasteiger partial charge on any atom is 0.248 e. The zero-order valence-electron chi connectivity index (χ0n) is 9.08. The maximum absolute atomic E-state index is 11.3. The Morgan fingerprint density at radius 3 is 3.07 bits per heavy atom. The van der Waals surface area contributed by atoms with E-state index in [2.05, 4.69) is 12.2 Å². The molecule has 1 atom stereocenters. The summed E-state index contributed by atoms with van der Waals surface area (Å²) in [6, 6.07) is 0.533. The lowest BCUT2D eigenvalue weighted by molar-refractivity contribution is -0.142. The fraction of sp³-hybridized carbons (Fsp3) is 0.900. The van der Waals surface area contributed by atoms with Gasteiger partial charge in [-0.2, -0.15) is 0 Å². The van der Waals surface area contributed by atoms with E-state index in [9.17, 15) is 4.79 Å². The molecule has 14 heavy (non-hydrogen) atoms. The second-order valence-corrected chi connectivity index (χ2v) is 3.77. The average molecular weight is 200 g/mol. The van der Waals surface area contributed by atoms with Crippen LogP contribution in [-0.2, 0) is 9.53 Å². The number of amides is 1. The van der Waals surface area contributed by atoms with Gasteiger partial charge in [-0.1, -0.05) is 0 Å². The van der Waals surface area contributed by atoms with Gasteiger partial charge in [-0.3, -0.25) is 4.79 Å². The molecule has 0 radical (unpaired) electrons. The van der Waals surface area contributed by atoms with Crippen molar-refractivity contribution < 1.29 is 9.53 Å². The number of hydrogen-bond donors (Lipinski definition) is 1. The van der Waals surface area contributed by atoms with Crippen LogP contribution in [0.1, 0.15) is 19.8 Å². The Kier molecular flexibility index (Phi) is 4.90. The molecule has 82 valence electrons. The summed E-state index contributed by atoms with van der Waals surface area (Å²) in [4.78, 5) is 13.2. The molecule has 4 heteroatoms. The van der Waals surface area contributed by atoms with E-state index >= 15 is 0 Å². The van der Waals surface area contributed by atoms with Gasteiger partial charge in [0.2, 0.25) is 5.91 Å². The smallest absolute Gasteiger partial charge is 0.248 e. The summed E-state index contributed by atoms with van der Waals surface area (Å²) in [6.45, 7) is 4.73. The van der Waals surface area contributed by atoms with Crippen molar-refractivity contribution in [1.82, 2.24) is 10.2 Å². The highest BCUT2D eigenvalue weighted by Crippen LogP contribution is 2.03. The van der Waals surface area contributed by atoms with Crippen LogP contribution < -0.4 is 5.32 Å². The van der Waals surface area contributed by atoms with Crippen molar-refractivity contribution in [2.45, 2.75) is 25.8 Å². The van der Waals surface area contributed by atoms with Crippen LogP contribution in [0.15, 0.2) is 0 Å². The van der Waals surface area contributed by atoms with Crippen molar-refractivity contribution in [1.29, 1.82) is 0 Å². The molecular weight excluding hydrogens is 180 g/mol. The van der Waals surface area contributed by atoms with Gasteiger partial charge in [0, 0.05) is 19.1 Å². The van der Waals surface area contributed by atoms with Gasteiger partial charge in [0.25, 0.3) is 0 Å². The Balaban J connectivity index is 2.13. The van der Waals surface area contributed by atoms with E-state index in [-0.39, 0.29) is 12.5 Å². The lowest BCUT2D eigenvalue weighted by Crippen LogP contribution is -2.42. The highest BCUT2D eigenvalue weighted by Gasteiger charge is 2.17. The number of nitrogens with zero attached hydrogens (tertiary/aromatic N) is 1. The van der Waals surface area contributed by atoms with E-state index in [0.29, 0.717) is 12.6 Å². The molecule has 1 aliphatic heterocycles. The van der Waals surface area contributed by atoms with E-state index in [1.54, 1.807) is 0 Å². The molecule has 0 aromatic heterocycles. The van der Waals surface area contributed by atoms with Crippen LogP contribution in [0, 0.1) is 0 Å². The molecule has 0 spiro atoms. The van der Waals surface area contributed by atoms with Crippen LogP contribution in [-0.4, -0.2) is 50.2 Å². The third-order valence-electron chi connectivity index (χ3n) is 2.64. The van der Waals surface area contributed by atoms with Crippen molar-refractivity contribution >= 4 is 5.91 Å². The Morgan fingerprint density at radius 1 is 1.64 bits per heavy atom. The molecule has 0 bridgehead atoms. The minimum atomic E-state index is 0.133.